The van der Waals surface area contributed by atoms with E-state index in [9.17, 15) is 4.79 Å². The molecule has 0 spiro atoms. The van der Waals surface area contributed by atoms with E-state index in [0.29, 0.717) is 48.2 Å². The number of nitrogens with two attached hydrogens (primary N) is 1. The zero-order valence-corrected chi connectivity index (χ0v) is 15.4. The van der Waals surface area contributed by atoms with Crippen molar-refractivity contribution in [3.05, 3.63) is 65.5 Å². The highest BCUT2D eigenvalue weighted by atomic mass is 16.5. The van der Waals surface area contributed by atoms with Crippen LogP contribution in [0.3, 0.4) is 0 Å². The van der Waals surface area contributed by atoms with E-state index in [-0.39, 0.29) is 5.69 Å². The second kappa shape index (κ2) is 6.86. The van der Waals surface area contributed by atoms with Gasteiger partial charge in [-0.05, 0) is 17.7 Å². The number of rotatable bonds is 5. The molecule has 0 saturated carbocycles. The summed E-state index contributed by atoms with van der Waals surface area (Å²) in [6, 6.07) is 15.1. The summed E-state index contributed by atoms with van der Waals surface area (Å²) in [5.41, 5.74) is 8.70. The minimum absolute atomic E-state index is 0.244. The Kier molecular flexibility index (Phi) is 4.05. The van der Waals surface area contributed by atoms with Crippen molar-refractivity contribution >= 4 is 17.2 Å². The van der Waals surface area contributed by atoms with E-state index in [1.54, 1.807) is 18.2 Å². The third kappa shape index (κ3) is 3.02. The molecule has 9 nitrogen and oxygen atoms in total. The van der Waals surface area contributed by atoms with Crippen LogP contribution < -0.4 is 15.8 Å². The van der Waals surface area contributed by atoms with Gasteiger partial charge < -0.3 is 15.8 Å². The molecule has 0 unspecified atom stereocenters. The molecule has 3 N–H and O–H groups in total. The van der Waals surface area contributed by atoms with Crippen LogP contribution >= 0.6 is 0 Å². The smallest absolute Gasteiger partial charge is 0.267 e. The largest absolute Gasteiger partial charge is 0.487 e. The molecule has 144 valence electrons. The summed E-state index contributed by atoms with van der Waals surface area (Å²) in [6.45, 7) is 1.16. The van der Waals surface area contributed by atoms with Crippen molar-refractivity contribution in [2.75, 3.05) is 11.9 Å². The van der Waals surface area contributed by atoms with E-state index in [1.165, 1.54) is 4.52 Å². The van der Waals surface area contributed by atoms with Gasteiger partial charge in [-0.15, -0.1) is 5.10 Å². The first-order valence-electron chi connectivity index (χ1n) is 9.17. The van der Waals surface area contributed by atoms with Gasteiger partial charge in [0.15, 0.2) is 23.1 Å². The molecule has 1 aromatic carbocycles. The molecule has 0 atom stereocenters. The molecule has 0 aliphatic carbocycles. The van der Waals surface area contributed by atoms with Crippen molar-refractivity contribution in [3.8, 4) is 17.3 Å². The quantitative estimate of drug-likeness (QED) is 0.536. The molecule has 3 aromatic heterocycles. The Morgan fingerprint density at radius 3 is 2.83 bits per heavy atom. The van der Waals surface area contributed by atoms with Crippen LogP contribution in [-0.2, 0) is 13.0 Å². The Hall–Kier alpha value is -4.01. The summed E-state index contributed by atoms with van der Waals surface area (Å²) in [5.74, 6) is 1.11. The van der Waals surface area contributed by atoms with Crippen molar-refractivity contribution in [3.63, 3.8) is 0 Å². The summed E-state index contributed by atoms with van der Waals surface area (Å²) in [5, 5.41) is 11.6. The fourth-order valence-corrected chi connectivity index (χ4v) is 3.34. The van der Waals surface area contributed by atoms with Gasteiger partial charge in [0.2, 0.25) is 0 Å². The van der Waals surface area contributed by atoms with Crippen molar-refractivity contribution in [1.82, 2.24) is 24.8 Å². The van der Waals surface area contributed by atoms with Crippen molar-refractivity contribution < 1.29 is 9.53 Å². The van der Waals surface area contributed by atoms with Gasteiger partial charge in [0.05, 0.1) is 17.8 Å². The monoisotopic (exact) mass is 387 g/mol. The van der Waals surface area contributed by atoms with E-state index in [0.717, 1.165) is 11.3 Å². The van der Waals surface area contributed by atoms with Gasteiger partial charge in [0, 0.05) is 13.0 Å². The number of primary amides is 1. The van der Waals surface area contributed by atoms with E-state index < -0.39 is 5.91 Å². The summed E-state index contributed by atoms with van der Waals surface area (Å²) >= 11 is 0. The molecule has 9 heteroatoms. The van der Waals surface area contributed by atoms with Gasteiger partial charge in [-0.25, -0.2) is 14.5 Å². The SMILES string of the molecule is NC(=O)c1cccc2c(-c3nc4c(c(NCc5ccccc5)n3)OCC4)nnn12. The second-order valence-electron chi connectivity index (χ2n) is 6.62. The Balaban J connectivity index is 1.57. The van der Waals surface area contributed by atoms with Crippen LogP contribution in [0, 0.1) is 0 Å². The number of aromatic nitrogens is 5. The van der Waals surface area contributed by atoms with Crippen molar-refractivity contribution in [2.24, 2.45) is 5.73 Å². The molecule has 4 heterocycles. The van der Waals surface area contributed by atoms with Gasteiger partial charge in [-0.2, -0.15) is 0 Å². The molecule has 0 saturated heterocycles. The molecule has 1 aliphatic heterocycles. The Labute approximate surface area is 165 Å². The predicted molar refractivity (Wildman–Crippen MR) is 105 cm³/mol. The van der Waals surface area contributed by atoms with Crippen LogP contribution in [-0.4, -0.2) is 37.3 Å². The molecule has 0 radical (unpaired) electrons. The lowest BCUT2D eigenvalue weighted by Crippen LogP contribution is -2.15. The van der Waals surface area contributed by atoms with Crippen LogP contribution in [0.2, 0.25) is 0 Å². The molecule has 29 heavy (non-hydrogen) atoms. The maximum atomic E-state index is 11.7. The molecule has 1 aliphatic rings. The predicted octanol–water partition coefficient (Wildman–Crippen LogP) is 1.83. The number of amides is 1. The van der Waals surface area contributed by atoms with E-state index in [2.05, 4.69) is 25.6 Å². The topological polar surface area (TPSA) is 120 Å². The second-order valence-corrected chi connectivity index (χ2v) is 6.62. The molecule has 1 amide bonds. The van der Waals surface area contributed by atoms with Gasteiger partial charge >= 0.3 is 0 Å². The third-order valence-corrected chi connectivity index (χ3v) is 4.73. The lowest BCUT2D eigenvalue weighted by atomic mass is 10.2. The number of fused-ring (bicyclic) bond motifs is 2. The van der Waals surface area contributed by atoms with E-state index >= 15 is 0 Å². The first-order valence-corrected chi connectivity index (χ1v) is 9.17. The lowest BCUT2D eigenvalue weighted by molar-refractivity contribution is 0.0993. The number of carbonyl (C=O) groups is 1. The molecule has 0 fully saturated rings. The number of anilines is 1. The third-order valence-electron chi connectivity index (χ3n) is 4.73. The number of nitrogens with one attached hydrogen (secondary N) is 1. The van der Waals surface area contributed by atoms with Crippen molar-refractivity contribution in [1.29, 1.82) is 0 Å². The van der Waals surface area contributed by atoms with Gasteiger partial charge in [-0.1, -0.05) is 41.6 Å². The summed E-state index contributed by atoms with van der Waals surface area (Å²) in [6.07, 6.45) is 0.691. The average Bonchev–Trinajstić information content (AvgIpc) is 3.39. The number of hydrogen-bond acceptors (Lipinski definition) is 7. The number of ether oxygens (including phenoxy) is 1. The Morgan fingerprint density at radius 2 is 2.00 bits per heavy atom. The van der Waals surface area contributed by atoms with Gasteiger partial charge in [0.25, 0.3) is 5.91 Å². The lowest BCUT2D eigenvalue weighted by Gasteiger charge is -2.11. The summed E-state index contributed by atoms with van der Waals surface area (Å²) in [4.78, 5) is 20.9. The normalized spacial score (nSPS) is 12.6. The number of hydrogen-bond donors (Lipinski definition) is 2. The zero-order valence-electron chi connectivity index (χ0n) is 15.4. The first-order chi connectivity index (χ1) is 14.2. The van der Waals surface area contributed by atoms with Gasteiger partial charge in [0.1, 0.15) is 5.69 Å². The highest BCUT2D eigenvalue weighted by molar-refractivity contribution is 5.92. The van der Waals surface area contributed by atoms with Crippen LogP contribution in [0.4, 0.5) is 5.82 Å². The molecular weight excluding hydrogens is 370 g/mol. The number of carbonyl (C=O) groups excluding carboxylic acids is 1. The van der Waals surface area contributed by atoms with Crippen LogP contribution in [0.1, 0.15) is 21.7 Å². The van der Waals surface area contributed by atoms with Crippen LogP contribution in [0.5, 0.6) is 5.75 Å². The fourth-order valence-electron chi connectivity index (χ4n) is 3.34. The molecular formula is C20H17N7O2. The maximum Gasteiger partial charge on any atom is 0.267 e. The summed E-state index contributed by atoms with van der Waals surface area (Å²) < 4.78 is 7.14. The van der Waals surface area contributed by atoms with Crippen molar-refractivity contribution in [2.45, 2.75) is 13.0 Å². The van der Waals surface area contributed by atoms with Crippen LogP contribution in [0.25, 0.3) is 17.0 Å². The minimum Gasteiger partial charge on any atom is -0.487 e. The van der Waals surface area contributed by atoms with E-state index in [1.807, 2.05) is 30.3 Å². The number of pyridine rings is 1. The Morgan fingerprint density at radius 1 is 1.14 bits per heavy atom. The number of benzene rings is 1. The average molecular weight is 387 g/mol. The standard InChI is InChI=1S/C20H17N7O2/c21-18(28)15-8-4-7-14-16(25-26-27(14)15)19-23-13-9-10-29-17(13)20(24-19)22-11-12-5-2-1-3-6-12/h1-8H,9-11H2,(H2,21,28)(H,22,23,24). The Bertz CT molecular complexity index is 1220. The van der Waals surface area contributed by atoms with Gasteiger partial charge in [-0.3, -0.25) is 4.79 Å². The highest BCUT2D eigenvalue weighted by Crippen LogP contribution is 2.34. The maximum absolute atomic E-state index is 11.7. The summed E-state index contributed by atoms with van der Waals surface area (Å²) in [7, 11) is 0. The zero-order chi connectivity index (χ0) is 19.8. The first kappa shape index (κ1) is 17.1. The molecule has 4 aromatic rings. The van der Waals surface area contributed by atoms with Crippen LogP contribution in [0.15, 0.2) is 48.5 Å². The highest BCUT2D eigenvalue weighted by Gasteiger charge is 2.24. The number of nitrogens with zero attached hydrogens (tertiary/aromatic N) is 5. The molecule has 0 bridgehead atoms. The minimum atomic E-state index is -0.583. The fraction of sp³-hybridized carbons (Fsp3) is 0.150. The van der Waals surface area contributed by atoms with E-state index in [4.69, 9.17) is 10.5 Å². The molecule has 5 rings (SSSR count).